The predicted octanol–water partition coefficient (Wildman–Crippen LogP) is 2.57. The number of thiazole rings is 1. The first-order valence-electron chi connectivity index (χ1n) is 7.24. The number of carbonyl (C=O) groups excluding carboxylic acids is 1. The molecular weight excluding hydrogens is 380 g/mol. The highest BCUT2D eigenvalue weighted by molar-refractivity contribution is 7.91. The maximum Gasteiger partial charge on any atom is 0.250 e. The second kappa shape index (κ2) is 7.83. The molecule has 0 aliphatic heterocycles. The lowest BCUT2D eigenvalue weighted by Gasteiger charge is -2.04. The van der Waals surface area contributed by atoms with E-state index in [1.165, 1.54) is 17.4 Å². The number of anilines is 1. The number of rotatable bonds is 7. The van der Waals surface area contributed by atoms with Crippen molar-refractivity contribution >= 4 is 43.7 Å². The van der Waals surface area contributed by atoms with Crippen molar-refractivity contribution in [2.75, 3.05) is 11.9 Å². The van der Waals surface area contributed by atoms with Gasteiger partial charge in [0.05, 0.1) is 5.69 Å². The molecule has 130 valence electrons. The summed E-state index contributed by atoms with van der Waals surface area (Å²) in [5.74, 6) is -0.309. The molecule has 0 bridgehead atoms. The van der Waals surface area contributed by atoms with Gasteiger partial charge in [-0.15, -0.1) is 22.7 Å². The van der Waals surface area contributed by atoms with Crippen molar-refractivity contribution in [2.24, 2.45) is 0 Å². The Morgan fingerprint density at radius 2 is 2.00 bits per heavy atom. The molecule has 0 atom stereocenters. The Bertz CT molecular complexity index is 938. The van der Waals surface area contributed by atoms with E-state index in [9.17, 15) is 13.2 Å². The van der Waals surface area contributed by atoms with Gasteiger partial charge in [0.15, 0.2) is 5.13 Å². The van der Waals surface area contributed by atoms with Crippen LogP contribution >= 0.6 is 22.7 Å². The topological polar surface area (TPSA) is 101 Å². The first kappa shape index (κ1) is 17.7. The molecule has 2 N–H and O–H groups in total. The first-order chi connectivity index (χ1) is 12.0. The number of nitrogens with one attached hydrogen (secondary N) is 2. The number of sulfonamides is 1. The number of hydrogen-bond donors (Lipinski definition) is 2. The molecule has 3 heterocycles. The average Bonchev–Trinajstić information content (AvgIpc) is 3.27. The normalized spacial score (nSPS) is 11.4. The molecule has 0 saturated carbocycles. The molecule has 0 unspecified atom stereocenters. The second-order valence-corrected chi connectivity index (χ2v) is 8.68. The Morgan fingerprint density at radius 1 is 1.12 bits per heavy atom. The van der Waals surface area contributed by atoms with E-state index in [-0.39, 0.29) is 23.1 Å². The number of pyridine rings is 1. The van der Waals surface area contributed by atoms with Crippen molar-refractivity contribution in [3.8, 4) is 11.4 Å². The van der Waals surface area contributed by atoms with E-state index < -0.39 is 10.0 Å². The highest BCUT2D eigenvalue weighted by atomic mass is 32.2. The lowest BCUT2D eigenvalue weighted by molar-refractivity contribution is -0.116. The van der Waals surface area contributed by atoms with Crippen LogP contribution < -0.4 is 10.0 Å². The molecule has 3 aromatic rings. The molecule has 0 aliphatic carbocycles. The van der Waals surface area contributed by atoms with Crippen LogP contribution in [0.5, 0.6) is 0 Å². The monoisotopic (exact) mass is 394 g/mol. The Kier molecular flexibility index (Phi) is 5.53. The summed E-state index contributed by atoms with van der Waals surface area (Å²) in [7, 11) is -3.55. The third-order valence-corrected chi connectivity index (χ3v) is 6.70. The van der Waals surface area contributed by atoms with Crippen LogP contribution in [0.3, 0.4) is 0 Å². The van der Waals surface area contributed by atoms with E-state index in [0.717, 1.165) is 17.0 Å². The number of aromatic nitrogens is 2. The lowest BCUT2D eigenvalue weighted by atomic mass is 10.3. The Hall–Kier alpha value is -2.14. The van der Waals surface area contributed by atoms with Crippen molar-refractivity contribution in [1.82, 2.24) is 14.7 Å². The van der Waals surface area contributed by atoms with Crippen LogP contribution in [-0.2, 0) is 14.8 Å². The highest BCUT2D eigenvalue weighted by Crippen LogP contribution is 2.23. The maximum absolute atomic E-state index is 11.9. The van der Waals surface area contributed by atoms with Crippen molar-refractivity contribution in [3.63, 3.8) is 0 Å². The zero-order valence-corrected chi connectivity index (χ0v) is 15.3. The van der Waals surface area contributed by atoms with Gasteiger partial charge >= 0.3 is 0 Å². The fraction of sp³-hybridized carbons (Fsp3) is 0.133. The molecule has 0 saturated heterocycles. The molecule has 0 aromatic carbocycles. The van der Waals surface area contributed by atoms with Crippen LogP contribution in [0.4, 0.5) is 5.13 Å². The molecule has 3 aromatic heterocycles. The minimum Gasteiger partial charge on any atom is -0.302 e. The molecule has 1 amide bonds. The van der Waals surface area contributed by atoms with Crippen LogP contribution in [0.15, 0.2) is 51.5 Å². The van der Waals surface area contributed by atoms with Crippen molar-refractivity contribution in [2.45, 2.75) is 10.6 Å². The molecule has 3 rings (SSSR count). The van der Waals surface area contributed by atoms with Gasteiger partial charge in [-0.2, -0.15) is 0 Å². The molecule has 10 heteroatoms. The molecule has 25 heavy (non-hydrogen) atoms. The third kappa shape index (κ3) is 4.69. The van der Waals surface area contributed by atoms with Crippen molar-refractivity contribution in [3.05, 3.63) is 47.3 Å². The first-order valence-corrected chi connectivity index (χ1v) is 10.5. The standard InChI is InChI=1S/C15H14N4O3S3/c20-13(6-8-17-25(21,22)14-5-3-9-23-14)19-15-18-12(10-24-15)11-4-1-2-7-16-11/h1-5,7,9-10,17H,6,8H2,(H,18,19,20). The van der Waals surface area contributed by atoms with Gasteiger partial charge in [0.2, 0.25) is 15.9 Å². The van der Waals surface area contributed by atoms with Crippen LogP contribution in [0.1, 0.15) is 6.42 Å². The molecule has 0 radical (unpaired) electrons. The summed E-state index contributed by atoms with van der Waals surface area (Å²) >= 11 is 2.42. The summed E-state index contributed by atoms with van der Waals surface area (Å²) in [5, 5.41) is 6.60. The summed E-state index contributed by atoms with van der Waals surface area (Å²) in [4.78, 5) is 20.4. The summed E-state index contributed by atoms with van der Waals surface area (Å²) in [5.41, 5.74) is 1.40. The van der Waals surface area contributed by atoms with E-state index in [2.05, 4.69) is 20.0 Å². The fourth-order valence-corrected chi connectivity index (χ4v) is 4.72. The zero-order valence-electron chi connectivity index (χ0n) is 12.9. The summed E-state index contributed by atoms with van der Waals surface area (Å²) in [6.07, 6.45) is 1.69. The van der Waals surface area contributed by atoms with Gasteiger partial charge in [0.25, 0.3) is 0 Å². The van der Waals surface area contributed by atoms with Crippen molar-refractivity contribution < 1.29 is 13.2 Å². The number of hydrogen-bond acceptors (Lipinski definition) is 7. The van der Waals surface area contributed by atoms with E-state index in [0.29, 0.717) is 10.8 Å². The Balaban J connectivity index is 1.51. The maximum atomic E-state index is 11.9. The Labute approximate surface area is 152 Å². The van der Waals surface area contributed by atoms with E-state index in [4.69, 9.17) is 0 Å². The number of nitrogens with zero attached hydrogens (tertiary/aromatic N) is 2. The lowest BCUT2D eigenvalue weighted by Crippen LogP contribution is -2.27. The van der Waals surface area contributed by atoms with E-state index >= 15 is 0 Å². The van der Waals surface area contributed by atoms with E-state index in [1.54, 1.807) is 23.0 Å². The van der Waals surface area contributed by atoms with Gasteiger partial charge in [-0.25, -0.2) is 18.1 Å². The molecular formula is C15H14N4O3S3. The van der Waals surface area contributed by atoms with E-state index in [1.807, 2.05) is 18.2 Å². The number of thiophene rings is 1. The molecule has 0 spiro atoms. The zero-order chi connectivity index (χ0) is 17.7. The van der Waals surface area contributed by atoms with Gasteiger partial charge in [0.1, 0.15) is 9.90 Å². The minimum atomic E-state index is -3.55. The van der Waals surface area contributed by atoms with Crippen LogP contribution in [0.2, 0.25) is 0 Å². The largest absolute Gasteiger partial charge is 0.302 e. The summed E-state index contributed by atoms with van der Waals surface area (Å²) < 4.78 is 26.5. The van der Waals surface area contributed by atoms with Crippen molar-refractivity contribution in [1.29, 1.82) is 0 Å². The quantitative estimate of drug-likeness (QED) is 0.641. The SMILES string of the molecule is O=C(CCNS(=O)(=O)c1cccs1)Nc1nc(-c2ccccn2)cs1. The Morgan fingerprint density at radius 3 is 2.72 bits per heavy atom. The van der Waals surface area contributed by atoms with Gasteiger partial charge in [0, 0.05) is 24.5 Å². The fourth-order valence-electron chi connectivity index (χ4n) is 1.93. The van der Waals surface area contributed by atoms with Crippen LogP contribution in [-0.4, -0.2) is 30.8 Å². The summed E-state index contributed by atoms with van der Waals surface area (Å²) in [6.45, 7) is 0.0184. The van der Waals surface area contributed by atoms with Gasteiger partial charge < -0.3 is 5.32 Å². The van der Waals surface area contributed by atoms with Crippen LogP contribution in [0, 0.1) is 0 Å². The molecule has 0 fully saturated rings. The third-order valence-electron chi connectivity index (χ3n) is 3.08. The minimum absolute atomic E-state index is 0.0170. The predicted molar refractivity (Wildman–Crippen MR) is 98.1 cm³/mol. The highest BCUT2D eigenvalue weighted by Gasteiger charge is 2.15. The van der Waals surface area contributed by atoms with Gasteiger partial charge in [-0.1, -0.05) is 12.1 Å². The summed E-state index contributed by atoms with van der Waals surface area (Å²) in [6, 6.07) is 8.69. The second-order valence-electron chi connectivity index (χ2n) is 4.88. The number of carbonyl (C=O) groups is 1. The number of amides is 1. The molecule has 0 aliphatic rings. The smallest absolute Gasteiger partial charge is 0.250 e. The average molecular weight is 395 g/mol. The van der Waals surface area contributed by atoms with Gasteiger partial charge in [-0.05, 0) is 23.6 Å². The van der Waals surface area contributed by atoms with Gasteiger partial charge in [-0.3, -0.25) is 9.78 Å². The van der Waals surface area contributed by atoms with Crippen LogP contribution in [0.25, 0.3) is 11.4 Å². The molecule has 7 nitrogen and oxygen atoms in total.